The van der Waals surface area contributed by atoms with Crippen molar-refractivity contribution in [2.45, 2.75) is 25.3 Å². The highest BCUT2D eigenvalue weighted by Gasteiger charge is 2.53. The Morgan fingerprint density at radius 3 is 2.89 bits per heavy atom. The van der Waals surface area contributed by atoms with Crippen LogP contribution >= 0.6 is 0 Å². The summed E-state index contributed by atoms with van der Waals surface area (Å²) in [7, 11) is 0. The van der Waals surface area contributed by atoms with Gasteiger partial charge in [0.15, 0.2) is 0 Å². The van der Waals surface area contributed by atoms with Crippen molar-refractivity contribution in [1.29, 1.82) is 0 Å². The summed E-state index contributed by atoms with van der Waals surface area (Å²) in [6.07, 6.45) is 3.16. The normalized spacial score (nSPS) is 30.8. The van der Waals surface area contributed by atoms with E-state index in [0.717, 1.165) is 38.0 Å². The Morgan fingerprint density at radius 1 is 1.37 bits per heavy atom. The number of anilines is 1. The van der Waals surface area contributed by atoms with Gasteiger partial charge in [0.05, 0.1) is 5.56 Å². The number of primary amides is 1. The van der Waals surface area contributed by atoms with Crippen LogP contribution in [0.15, 0.2) is 6.07 Å². The maximum absolute atomic E-state index is 11.6. The number of nitrogens with one attached hydrogen (secondary N) is 2. The van der Waals surface area contributed by atoms with E-state index < -0.39 is 0 Å². The summed E-state index contributed by atoms with van der Waals surface area (Å²) in [4.78, 5) is 16.2. The SMILES string of the molecule is NC(=O)c1cc2c(nc1NC1C3CNCC31)CCC2. The molecule has 2 heterocycles. The second kappa shape index (κ2) is 3.93. The number of carbonyl (C=O) groups is 1. The van der Waals surface area contributed by atoms with Gasteiger partial charge in [-0.15, -0.1) is 0 Å². The number of carbonyl (C=O) groups excluding carboxylic acids is 1. The lowest BCUT2D eigenvalue weighted by molar-refractivity contribution is 0.100. The fraction of sp³-hybridized carbons (Fsp3) is 0.571. The number of hydrogen-bond donors (Lipinski definition) is 3. The number of nitrogens with zero attached hydrogens (tertiary/aromatic N) is 1. The average molecular weight is 258 g/mol. The first-order valence-electron chi connectivity index (χ1n) is 7.04. The van der Waals surface area contributed by atoms with Crippen molar-refractivity contribution in [2.75, 3.05) is 18.4 Å². The molecule has 0 bridgehead atoms. The molecule has 3 aliphatic rings. The zero-order valence-corrected chi connectivity index (χ0v) is 10.8. The number of aryl methyl sites for hydroxylation is 2. The molecule has 5 heteroatoms. The molecule has 2 aliphatic carbocycles. The number of aromatic nitrogens is 1. The second-order valence-corrected chi connectivity index (χ2v) is 5.86. The third kappa shape index (κ3) is 1.72. The van der Waals surface area contributed by atoms with Gasteiger partial charge in [0.1, 0.15) is 5.82 Å². The second-order valence-electron chi connectivity index (χ2n) is 5.86. The minimum Gasteiger partial charge on any atom is -0.366 e. The molecule has 2 fully saturated rings. The van der Waals surface area contributed by atoms with Crippen LogP contribution in [0.1, 0.15) is 28.0 Å². The van der Waals surface area contributed by atoms with Crippen LogP contribution in [0.3, 0.4) is 0 Å². The maximum atomic E-state index is 11.6. The molecule has 0 spiro atoms. The highest BCUT2D eigenvalue weighted by atomic mass is 16.1. The molecule has 0 radical (unpaired) electrons. The van der Waals surface area contributed by atoms with Crippen molar-refractivity contribution in [1.82, 2.24) is 10.3 Å². The maximum Gasteiger partial charge on any atom is 0.252 e. The smallest absolute Gasteiger partial charge is 0.252 e. The van der Waals surface area contributed by atoms with Crippen molar-refractivity contribution in [2.24, 2.45) is 17.6 Å². The molecule has 1 saturated carbocycles. The lowest BCUT2D eigenvalue weighted by atomic mass is 10.1. The summed E-state index contributed by atoms with van der Waals surface area (Å²) in [5.41, 5.74) is 8.37. The number of amides is 1. The van der Waals surface area contributed by atoms with Gasteiger partial charge in [-0.2, -0.15) is 0 Å². The zero-order valence-electron chi connectivity index (χ0n) is 10.8. The predicted molar refractivity (Wildman–Crippen MR) is 72.0 cm³/mol. The molecule has 19 heavy (non-hydrogen) atoms. The van der Waals surface area contributed by atoms with Crippen LogP contribution in [-0.4, -0.2) is 30.0 Å². The van der Waals surface area contributed by atoms with E-state index in [1.54, 1.807) is 0 Å². The first-order valence-corrected chi connectivity index (χ1v) is 7.04. The van der Waals surface area contributed by atoms with E-state index in [1.165, 1.54) is 5.56 Å². The van der Waals surface area contributed by atoms with Crippen molar-refractivity contribution < 1.29 is 4.79 Å². The molecule has 4 rings (SSSR count). The molecule has 100 valence electrons. The van der Waals surface area contributed by atoms with E-state index in [4.69, 9.17) is 5.73 Å². The van der Waals surface area contributed by atoms with E-state index in [9.17, 15) is 4.79 Å². The van der Waals surface area contributed by atoms with Gasteiger partial charge in [0.2, 0.25) is 0 Å². The van der Waals surface area contributed by atoms with Gasteiger partial charge in [-0.25, -0.2) is 4.98 Å². The van der Waals surface area contributed by atoms with Crippen LogP contribution in [-0.2, 0) is 12.8 Å². The summed E-state index contributed by atoms with van der Waals surface area (Å²) < 4.78 is 0. The summed E-state index contributed by atoms with van der Waals surface area (Å²) >= 11 is 0. The molecular weight excluding hydrogens is 240 g/mol. The Bertz CT molecular complexity index is 547. The predicted octanol–water partition coefficient (Wildman–Crippen LogP) is 0.299. The lowest BCUT2D eigenvalue weighted by Crippen LogP contribution is -2.24. The van der Waals surface area contributed by atoms with Crippen LogP contribution in [0.25, 0.3) is 0 Å². The van der Waals surface area contributed by atoms with E-state index in [1.807, 2.05) is 6.07 Å². The van der Waals surface area contributed by atoms with Crippen LogP contribution in [0.4, 0.5) is 5.82 Å². The molecule has 1 saturated heterocycles. The van der Waals surface area contributed by atoms with Crippen LogP contribution in [0.5, 0.6) is 0 Å². The quantitative estimate of drug-likeness (QED) is 0.728. The van der Waals surface area contributed by atoms with Gasteiger partial charge in [0, 0.05) is 24.8 Å². The van der Waals surface area contributed by atoms with Crippen LogP contribution in [0, 0.1) is 11.8 Å². The highest BCUT2D eigenvalue weighted by Crippen LogP contribution is 2.44. The van der Waals surface area contributed by atoms with Crippen molar-refractivity contribution in [3.63, 3.8) is 0 Å². The molecule has 1 aliphatic heterocycles. The van der Waals surface area contributed by atoms with Crippen LogP contribution in [0.2, 0.25) is 0 Å². The Kier molecular flexibility index (Phi) is 2.33. The summed E-state index contributed by atoms with van der Waals surface area (Å²) in [5, 5.41) is 6.81. The summed E-state index contributed by atoms with van der Waals surface area (Å²) in [6, 6.07) is 2.41. The Morgan fingerprint density at radius 2 is 2.16 bits per heavy atom. The molecule has 4 N–H and O–H groups in total. The molecule has 0 aromatic carbocycles. The van der Waals surface area contributed by atoms with Crippen molar-refractivity contribution >= 4 is 11.7 Å². The first kappa shape index (κ1) is 11.2. The van der Waals surface area contributed by atoms with Gasteiger partial charge < -0.3 is 16.4 Å². The van der Waals surface area contributed by atoms with Gasteiger partial charge in [-0.3, -0.25) is 4.79 Å². The third-order valence-electron chi connectivity index (χ3n) is 4.71. The Hall–Kier alpha value is -1.62. The van der Waals surface area contributed by atoms with E-state index in [0.29, 0.717) is 29.3 Å². The Labute approximate surface area is 112 Å². The lowest BCUT2D eigenvalue weighted by Gasteiger charge is -2.13. The molecule has 2 atom stereocenters. The minimum absolute atomic E-state index is 0.381. The number of hydrogen-bond acceptors (Lipinski definition) is 4. The number of nitrogens with two attached hydrogens (primary N) is 1. The van der Waals surface area contributed by atoms with Crippen molar-refractivity contribution in [3.8, 4) is 0 Å². The van der Waals surface area contributed by atoms with Gasteiger partial charge >= 0.3 is 0 Å². The summed E-state index contributed by atoms with van der Waals surface area (Å²) in [5.74, 6) is 1.70. The molecule has 1 aromatic heterocycles. The number of piperidine rings is 1. The molecule has 1 aromatic rings. The number of pyridine rings is 1. The molecular formula is C14H18N4O. The average Bonchev–Trinajstić information content (AvgIpc) is 2.83. The van der Waals surface area contributed by atoms with Gasteiger partial charge in [0.25, 0.3) is 5.91 Å². The topological polar surface area (TPSA) is 80.0 Å². The van der Waals surface area contributed by atoms with E-state index in [2.05, 4.69) is 15.6 Å². The molecule has 1 amide bonds. The third-order valence-corrected chi connectivity index (χ3v) is 4.71. The zero-order chi connectivity index (χ0) is 13.0. The van der Waals surface area contributed by atoms with Crippen LogP contribution < -0.4 is 16.4 Å². The minimum atomic E-state index is -0.381. The largest absolute Gasteiger partial charge is 0.366 e. The van der Waals surface area contributed by atoms with E-state index >= 15 is 0 Å². The summed E-state index contributed by atoms with van der Waals surface area (Å²) in [6.45, 7) is 2.14. The van der Waals surface area contributed by atoms with Crippen molar-refractivity contribution in [3.05, 3.63) is 22.9 Å². The number of fused-ring (bicyclic) bond motifs is 2. The molecule has 5 nitrogen and oxygen atoms in total. The number of rotatable bonds is 3. The Balaban J connectivity index is 1.64. The van der Waals surface area contributed by atoms with Gasteiger partial charge in [-0.05, 0) is 42.7 Å². The molecule has 2 unspecified atom stereocenters. The fourth-order valence-electron chi connectivity index (χ4n) is 3.56. The highest BCUT2D eigenvalue weighted by molar-refractivity contribution is 5.98. The van der Waals surface area contributed by atoms with E-state index in [-0.39, 0.29) is 5.91 Å². The first-order chi connectivity index (χ1) is 9.24. The monoisotopic (exact) mass is 258 g/mol. The standard InChI is InChI=1S/C14H18N4O/c15-13(19)8-4-7-2-1-3-11(7)17-14(8)18-12-9-5-16-6-10(9)12/h4,9-10,12,16H,1-3,5-6H2,(H2,15,19)(H,17,18). The fourth-order valence-corrected chi connectivity index (χ4v) is 3.56. The van der Waals surface area contributed by atoms with Gasteiger partial charge in [-0.1, -0.05) is 0 Å².